The summed E-state index contributed by atoms with van der Waals surface area (Å²) < 4.78 is 45.5. The topological polar surface area (TPSA) is 79.2 Å². The van der Waals surface area contributed by atoms with Crippen molar-refractivity contribution in [2.45, 2.75) is 84.4 Å². The smallest absolute Gasteiger partial charge is 0.416 e. The minimum Gasteiger partial charge on any atom is -0.478 e. The van der Waals surface area contributed by atoms with Gasteiger partial charge >= 0.3 is 12.1 Å². The van der Waals surface area contributed by atoms with E-state index in [1.54, 1.807) is 12.1 Å². The molecule has 0 atom stereocenters. The number of hydrazone groups is 1. The third-order valence-corrected chi connectivity index (χ3v) is 6.84. The zero-order chi connectivity index (χ0) is 28.1. The van der Waals surface area contributed by atoms with Crippen molar-refractivity contribution in [1.29, 1.82) is 0 Å². The van der Waals surface area contributed by atoms with Crippen LogP contribution in [-0.2, 0) is 22.2 Å². The molecule has 1 heterocycles. The van der Waals surface area contributed by atoms with E-state index in [1.807, 2.05) is 26.0 Å². The molecule has 0 unspecified atom stereocenters. The molecular formula is C29H35F3N2O4. The number of halogens is 3. The summed E-state index contributed by atoms with van der Waals surface area (Å²) in [6.07, 6.45) is 0.0559. The second kappa shape index (κ2) is 11.6. The number of hydrogen-bond donors (Lipinski definition) is 1. The van der Waals surface area contributed by atoms with Gasteiger partial charge in [0.25, 0.3) is 5.91 Å². The summed E-state index contributed by atoms with van der Waals surface area (Å²) in [7, 11) is 0. The van der Waals surface area contributed by atoms with Gasteiger partial charge in [-0.3, -0.25) is 4.79 Å². The lowest BCUT2D eigenvalue weighted by Crippen LogP contribution is -2.40. The summed E-state index contributed by atoms with van der Waals surface area (Å²) in [6.45, 7) is 6.94. The number of alkyl halides is 3. The van der Waals surface area contributed by atoms with Crippen LogP contribution in [0.3, 0.4) is 0 Å². The third kappa shape index (κ3) is 6.37. The first-order valence-electron chi connectivity index (χ1n) is 12.9. The van der Waals surface area contributed by atoms with Crippen molar-refractivity contribution in [3.63, 3.8) is 0 Å². The zero-order valence-electron chi connectivity index (χ0n) is 22.3. The number of carboxylic acids is 1. The maximum absolute atomic E-state index is 13.7. The van der Waals surface area contributed by atoms with Gasteiger partial charge < -0.3 is 9.84 Å². The van der Waals surface area contributed by atoms with Gasteiger partial charge in [0.15, 0.2) is 5.60 Å². The van der Waals surface area contributed by atoms with E-state index >= 15 is 0 Å². The molecule has 1 amide bonds. The summed E-state index contributed by atoms with van der Waals surface area (Å²) in [6, 6.07) is 11.9. The van der Waals surface area contributed by atoms with Gasteiger partial charge in [-0.05, 0) is 81.8 Å². The molecular weight excluding hydrogens is 497 g/mol. The molecule has 9 heteroatoms. The lowest BCUT2D eigenvalue weighted by molar-refractivity contribution is -0.152. The van der Waals surface area contributed by atoms with Crippen molar-refractivity contribution >= 4 is 23.3 Å². The molecule has 2 aromatic rings. The molecule has 1 aliphatic rings. The van der Waals surface area contributed by atoms with Crippen LogP contribution < -0.4 is 9.75 Å². The highest BCUT2D eigenvalue weighted by Gasteiger charge is 2.49. The molecule has 2 aromatic carbocycles. The van der Waals surface area contributed by atoms with Gasteiger partial charge in [0, 0.05) is 0 Å². The molecule has 0 radical (unpaired) electrons. The maximum Gasteiger partial charge on any atom is 0.416 e. The number of carbonyl (C=O) groups is 2. The average molecular weight is 533 g/mol. The summed E-state index contributed by atoms with van der Waals surface area (Å²) in [5.74, 6) is -0.873. The molecule has 0 fully saturated rings. The Bertz CT molecular complexity index is 1170. The number of benzene rings is 2. The fourth-order valence-electron chi connectivity index (χ4n) is 4.87. The first kappa shape index (κ1) is 29.2. The van der Waals surface area contributed by atoms with E-state index in [2.05, 4.69) is 5.10 Å². The molecule has 6 nitrogen and oxygen atoms in total. The van der Waals surface area contributed by atoms with Gasteiger partial charge in [-0.2, -0.15) is 23.3 Å². The Morgan fingerprint density at radius 3 is 2.21 bits per heavy atom. The summed E-state index contributed by atoms with van der Waals surface area (Å²) in [5, 5.41) is 15.0. The molecule has 0 spiro atoms. The quantitative estimate of drug-likeness (QED) is 0.312. The minimum atomic E-state index is -4.51. The van der Waals surface area contributed by atoms with Gasteiger partial charge in [-0.15, -0.1) is 0 Å². The van der Waals surface area contributed by atoms with Crippen molar-refractivity contribution in [3.8, 4) is 5.75 Å². The number of aliphatic carboxylic acids is 1. The van der Waals surface area contributed by atoms with Crippen LogP contribution in [0.1, 0.15) is 77.3 Å². The Morgan fingerprint density at radius 2 is 1.66 bits per heavy atom. The van der Waals surface area contributed by atoms with Gasteiger partial charge in [-0.25, -0.2) is 4.79 Å². The summed E-state index contributed by atoms with van der Waals surface area (Å²) in [4.78, 5) is 25.0. The van der Waals surface area contributed by atoms with Crippen LogP contribution >= 0.6 is 0 Å². The average Bonchev–Trinajstić information content (AvgIpc) is 3.11. The van der Waals surface area contributed by atoms with Crippen LogP contribution in [0, 0.1) is 5.41 Å². The van der Waals surface area contributed by atoms with E-state index in [9.17, 15) is 27.9 Å². The van der Waals surface area contributed by atoms with E-state index in [4.69, 9.17) is 4.74 Å². The van der Waals surface area contributed by atoms with E-state index in [-0.39, 0.29) is 11.6 Å². The van der Waals surface area contributed by atoms with Crippen molar-refractivity contribution in [1.82, 2.24) is 0 Å². The lowest BCUT2D eigenvalue weighted by Gasteiger charge is -2.29. The Balaban J connectivity index is 1.79. The highest BCUT2D eigenvalue weighted by molar-refractivity contribution is 6.19. The van der Waals surface area contributed by atoms with Crippen molar-refractivity contribution in [2.24, 2.45) is 10.5 Å². The number of aryl methyl sites for hydroxylation is 1. The molecule has 38 heavy (non-hydrogen) atoms. The van der Waals surface area contributed by atoms with Crippen LogP contribution in [0.2, 0.25) is 0 Å². The number of ether oxygens (including phenoxy) is 1. The van der Waals surface area contributed by atoms with E-state index in [0.29, 0.717) is 43.6 Å². The number of anilines is 1. The first-order valence-corrected chi connectivity index (χ1v) is 12.9. The van der Waals surface area contributed by atoms with E-state index < -0.39 is 28.7 Å². The predicted octanol–water partition coefficient (Wildman–Crippen LogP) is 7.26. The fraction of sp³-hybridized carbons (Fsp3) is 0.483. The van der Waals surface area contributed by atoms with Gasteiger partial charge in [0.05, 0.1) is 22.4 Å². The number of nitrogens with zero attached hydrogens (tertiary/aromatic N) is 2. The van der Waals surface area contributed by atoms with Crippen LogP contribution in [-0.4, -0.2) is 28.3 Å². The molecule has 1 aliphatic heterocycles. The zero-order valence-corrected chi connectivity index (χ0v) is 22.3. The Kier molecular flexibility index (Phi) is 8.90. The minimum absolute atomic E-state index is 0.122. The molecule has 0 aliphatic carbocycles. The second-order valence-electron chi connectivity index (χ2n) is 10.2. The number of hydrogen-bond acceptors (Lipinski definition) is 4. The van der Waals surface area contributed by atoms with Crippen molar-refractivity contribution in [2.75, 3.05) is 5.01 Å². The predicted molar refractivity (Wildman–Crippen MR) is 140 cm³/mol. The third-order valence-electron chi connectivity index (χ3n) is 6.84. The maximum atomic E-state index is 13.7. The number of carbonyl (C=O) groups excluding carboxylic acids is 1. The Morgan fingerprint density at radius 1 is 1.03 bits per heavy atom. The molecule has 0 aromatic heterocycles. The van der Waals surface area contributed by atoms with Crippen LogP contribution in [0.4, 0.5) is 18.9 Å². The number of carboxylic acid groups (broad SMARTS) is 1. The molecule has 3 rings (SSSR count). The van der Waals surface area contributed by atoms with Crippen LogP contribution in [0.15, 0.2) is 53.6 Å². The Hall–Kier alpha value is -3.36. The molecule has 0 saturated heterocycles. The van der Waals surface area contributed by atoms with Gasteiger partial charge in [-0.1, -0.05) is 44.9 Å². The normalized spacial score (nSPS) is 15.5. The van der Waals surface area contributed by atoms with E-state index in [0.717, 1.165) is 35.5 Å². The standard InChI is InChI=1S/C29H35F3N2O4/c1-5-17-28(18-6-2)24(33-34(25(28)35)22-11-8-10-21(19-22)29(30,31)32)12-7-9-20-13-15-23(16-14-20)38-27(3,4)26(36)37/h8,10-11,13-16,19H,5-7,9,12,17-18H2,1-4H3,(H,36,37). The summed E-state index contributed by atoms with van der Waals surface area (Å²) in [5.41, 5.74) is -1.13. The van der Waals surface area contributed by atoms with Crippen molar-refractivity contribution in [3.05, 3.63) is 59.7 Å². The molecule has 1 N–H and O–H groups in total. The summed E-state index contributed by atoms with van der Waals surface area (Å²) >= 11 is 0. The SMILES string of the molecule is CCCC1(CCC)C(=O)N(c2cccc(C(F)(F)F)c2)N=C1CCCc1ccc(OC(C)(C)C(=O)O)cc1. The highest BCUT2D eigenvalue weighted by atomic mass is 19.4. The van der Waals surface area contributed by atoms with Gasteiger partial charge in [0.2, 0.25) is 0 Å². The lowest BCUT2D eigenvalue weighted by atomic mass is 9.73. The fourth-order valence-corrected chi connectivity index (χ4v) is 4.87. The number of rotatable bonds is 12. The van der Waals surface area contributed by atoms with Crippen molar-refractivity contribution < 1.29 is 32.6 Å². The highest BCUT2D eigenvalue weighted by Crippen LogP contribution is 2.43. The van der Waals surface area contributed by atoms with Crippen LogP contribution in [0.25, 0.3) is 0 Å². The Labute approximate surface area is 221 Å². The molecule has 0 saturated carbocycles. The van der Waals surface area contributed by atoms with Crippen LogP contribution in [0.5, 0.6) is 5.75 Å². The van der Waals surface area contributed by atoms with Gasteiger partial charge in [0.1, 0.15) is 5.75 Å². The monoisotopic (exact) mass is 532 g/mol. The van der Waals surface area contributed by atoms with E-state index in [1.165, 1.54) is 26.0 Å². The first-order chi connectivity index (χ1) is 17.8. The second-order valence-corrected chi connectivity index (χ2v) is 10.2. The largest absolute Gasteiger partial charge is 0.478 e. The molecule has 0 bridgehead atoms. The molecule has 206 valence electrons. The number of amides is 1.